The van der Waals surface area contributed by atoms with Gasteiger partial charge in [0.1, 0.15) is 5.65 Å². The van der Waals surface area contributed by atoms with Crippen LogP contribution in [0.3, 0.4) is 0 Å². The average Bonchev–Trinajstić information content (AvgIpc) is 3.32. The Kier molecular flexibility index (Phi) is 4.18. The molecule has 4 aromatic rings. The first-order valence-electron chi connectivity index (χ1n) is 9.64. The van der Waals surface area contributed by atoms with E-state index in [-0.39, 0.29) is 0 Å². The molecule has 27 heavy (non-hydrogen) atoms. The number of halogens is 1. The Balaban J connectivity index is 1.80. The van der Waals surface area contributed by atoms with E-state index in [2.05, 4.69) is 51.8 Å². The highest BCUT2D eigenvalue weighted by Gasteiger charge is 2.14. The van der Waals surface area contributed by atoms with E-state index < -0.39 is 0 Å². The standard InChI is InChI=1S/C22H23ClN4/c1-26-19-9-8-15(23)14-17(19)21(24-10-13-27-11-4-5-12-27)20-16-6-2-3-7-18(16)25-22(20)26/h2-3,6-9,14,25H,4-5,10-13H2,1H3. The number of hydrogen-bond donors (Lipinski definition) is 1. The lowest BCUT2D eigenvalue weighted by molar-refractivity contribution is 0.348. The summed E-state index contributed by atoms with van der Waals surface area (Å²) in [6.07, 6.45) is 2.62. The van der Waals surface area contributed by atoms with E-state index in [0.29, 0.717) is 0 Å². The summed E-state index contributed by atoms with van der Waals surface area (Å²) in [5, 5.41) is 5.31. The summed E-state index contributed by atoms with van der Waals surface area (Å²) >= 11 is 6.36. The van der Waals surface area contributed by atoms with Crippen molar-refractivity contribution in [3.63, 3.8) is 0 Å². The Labute approximate surface area is 163 Å². The first-order valence-corrected chi connectivity index (χ1v) is 10.0. The SMILES string of the molecule is Cn1c2ccc(Cl)cc2c(=NCCN2CCCC2)c2c3ccccc3[nH]c21. The third kappa shape index (κ3) is 2.84. The number of benzene rings is 2. The molecule has 0 amide bonds. The fourth-order valence-corrected chi connectivity index (χ4v) is 4.51. The number of nitrogens with one attached hydrogen (secondary N) is 1. The van der Waals surface area contributed by atoms with Gasteiger partial charge in [0.2, 0.25) is 0 Å². The Morgan fingerprint density at radius 3 is 2.74 bits per heavy atom. The number of aryl methyl sites for hydroxylation is 1. The normalized spacial score (nSPS) is 16.3. The van der Waals surface area contributed by atoms with E-state index in [1.807, 2.05) is 12.1 Å². The second-order valence-electron chi connectivity index (χ2n) is 7.39. The van der Waals surface area contributed by atoms with Crippen LogP contribution in [0.5, 0.6) is 0 Å². The number of hydrogen-bond acceptors (Lipinski definition) is 2. The Bertz CT molecular complexity index is 1210. The van der Waals surface area contributed by atoms with E-state index >= 15 is 0 Å². The molecule has 2 aromatic carbocycles. The molecular weight excluding hydrogens is 356 g/mol. The molecule has 1 aliphatic heterocycles. The van der Waals surface area contributed by atoms with E-state index in [4.69, 9.17) is 16.6 Å². The molecule has 0 spiro atoms. The van der Waals surface area contributed by atoms with Crippen molar-refractivity contribution in [2.24, 2.45) is 12.0 Å². The molecule has 5 rings (SSSR count). The maximum Gasteiger partial charge on any atom is 0.120 e. The Morgan fingerprint density at radius 1 is 1.07 bits per heavy atom. The van der Waals surface area contributed by atoms with Crippen molar-refractivity contribution in [2.75, 3.05) is 26.2 Å². The zero-order chi connectivity index (χ0) is 18.4. The molecule has 0 unspecified atom stereocenters. The van der Waals surface area contributed by atoms with Gasteiger partial charge in [-0.3, -0.25) is 4.99 Å². The number of para-hydroxylation sites is 1. The average molecular weight is 379 g/mol. The molecule has 0 radical (unpaired) electrons. The molecule has 1 fully saturated rings. The van der Waals surface area contributed by atoms with Crippen LogP contribution in [-0.4, -0.2) is 40.6 Å². The van der Waals surface area contributed by atoms with Crippen molar-refractivity contribution in [1.82, 2.24) is 14.5 Å². The van der Waals surface area contributed by atoms with Crippen molar-refractivity contribution < 1.29 is 0 Å². The summed E-state index contributed by atoms with van der Waals surface area (Å²) in [5.41, 5.74) is 3.38. The highest BCUT2D eigenvalue weighted by Crippen LogP contribution is 2.26. The van der Waals surface area contributed by atoms with Crippen LogP contribution < -0.4 is 5.36 Å². The molecule has 138 valence electrons. The number of rotatable bonds is 3. The van der Waals surface area contributed by atoms with Gasteiger partial charge in [-0.2, -0.15) is 0 Å². The number of likely N-dealkylation sites (tertiary alicyclic amines) is 1. The first kappa shape index (κ1) is 16.8. The second kappa shape index (κ2) is 6.70. The zero-order valence-electron chi connectivity index (χ0n) is 15.5. The van der Waals surface area contributed by atoms with Gasteiger partial charge in [0.25, 0.3) is 0 Å². The maximum atomic E-state index is 6.36. The van der Waals surface area contributed by atoms with Gasteiger partial charge in [0, 0.05) is 34.9 Å². The van der Waals surface area contributed by atoms with Crippen LogP contribution in [0.2, 0.25) is 5.02 Å². The van der Waals surface area contributed by atoms with Gasteiger partial charge in [-0.25, -0.2) is 0 Å². The van der Waals surface area contributed by atoms with Gasteiger partial charge < -0.3 is 14.5 Å². The summed E-state index contributed by atoms with van der Waals surface area (Å²) < 4.78 is 2.21. The van der Waals surface area contributed by atoms with Crippen LogP contribution in [0, 0.1) is 0 Å². The number of aromatic nitrogens is 2. The lowest BCUT2D eigenvalue weighted by atomic mass is 10.1. The van der Waals surface area contributed by atoms with Crippen LogP contribution in [0.4, 0.5) is 0 Å². The lowest BCUT2D eigenvalue weighted by Gasteiger charge is -2.13. The molecule has 5 heteroatoms. The van der Waals surface area contributed by atoms with Gasteiger partial charge in [-0.05, 0) is 50.2 Å². The molecule has 0 saturated carbocycles. The van der Waals surface area contributed by atoms with Gasteiger partial charge >= 0.3 is 0 Å². The number of nitrogens with zero attached hydrogens (tertiary/aromatic N) is 3. The predicted molar refractivity (Wildman–Crippen MR) is 113 cm³/mol. The van der Waals surface area contributed by atoms with Crippen LogP contribution in [0.15, 0.2) is 47.5 Å². The summed E-state index contributed by atoms with van der Waals surface area (Å²) in [4.78, 5) is 11.2. The van der Waals surface area contributed by atoms with E-state index in [9.17, 15) is 0 Å². The van der Waals surface area contributed by atoms with Gasteiger partial charge in [0.05, 0.1) is 22.8 Å². The molecule has 2 aromatic heterocycles. The zero-order valence-corrected chi connectivity index (χ0v) is 16.3. The summed E-state index contributed by atoms with van der Waals surface area (Å²) in [5.74, 6) is 0. The van der Waals surface area contributed by atoms with Crippen molar-refractivity contribution >= 4 is 44.4 Å². The van der Waals surface area contributed by atoms with E-state index in [1.165, 1.54) is 36.7 Å². The van der Waals surface area contributed by atoms with Crippen LogP contribution in [0.1, 0.15) is 12.8 Å². The van der Waals surface area contributed by atoms with Gasteiger partial charge in [-0.15, -0.1) is 0 Å². The van der Waals surface area contributed by atoms with E-state index in [1.54, 1.807) is 0 Å². The summed E-state index contributed by atoms with van der Waals surface area (Å²) in [6, 6.07) is 14.5. The number of fused-ring (bicyclic) bond motifs is 4. The molecule has 0 atom stereocenters. The summed E-state index contributed by atoms with van der Waals surface area (Å²) in [7, 11) is 2.10. The smallest absolute Gasteiger partial charge is 0.120 e. The molecule has 1 N–H and O–H groups in total. The summed E-state index contributed by atoms with van der Waals surface area (Å²) in [6.45, 7) is 4.24. The topological polar surface area (TPSA) is 36.3 Å². The maximum absolute atomic E-state index is 6.36. The van der Waals surface area contributed by atoms with Crippen LogP contribution >= 0.6 is 11.6 Å². The minimum absolute atomic E-state index is 0.748. The number of pyridine rings is 1. The fraction of sp³-hybridized carbons (Fsp3) is 0.318. The number of H-pyrrole nitrogens is 1. The van der Waals surface area contributed by atoms with Crippen molar-refractivity contribution in [3.8, 4) is 0 Å². The van der Waals surface area contributed by atoms with Crippen molar-refractivity contribution in [3.05, 3.63) is 52.8 Å². The molecule has 3 heterocycles. The minimum atomic E-state index is 0.748. The van der Waals surface area contributed by atoms with Gasteiger partial charge in [-0.1, -0.05) is 29.8 Å². The van der Waals surface area contributed by atoms with E-state index in [0.717, 1.165) is 45.5 Å². The highest BCUT2D eigenvalue weighted by atomic mass is 35.5. The molecule has 0 bridgehead atoms. The quantitative estimate of drug-likeness (QED) is 0.561. The molecule has 1 aliphatic rings. The largest absolute Gasteiger partial charge is 0.341 e. The highest BCUT2D eigenvalue weighted by molar-refractivity contribution is 6.31. The third-order valence-corrected chi connectivity index (χ3v) is 5.95. The Morgan fingerprint density at radius 2 is 1.89 bits per heavy atom. The minimum Gasteiger partial charge on any atom is -0.341 e. The fourth-order valence-electron chi connectivity index (χ4n) is 4.34. The van der Waals surface area contributed by atoms with Gasteiger partial charge in [0.15, 0.2) is 0 Å². The number of aromatic amines is 1. The van der Waals surface area contributed by atoms with Crippen LogP contribution in [-0.2, 0) is 7.05 Å². The first-order chi connectivity index (χ1) is 13.2. The van der Waals surface area contributed by atoms with Crippen molar-refractivity contribution in [2.45, 2.75) is 12.8 Å². The van der Waals surface area contributed by atoms with Crippen molar-refractivity contribution in [1.29, 1.82) is 0 Å². The predicted octanol–water partition coefficient (Wildman–Crippen LogP) is 4.46. The molecular formula is C22H23ClN4. The monoisotopic (exact) mass is 378 g/mol. The Hall–Kier alpha value is -2.30. The molecule has 1 saturated heterocycles. The second-order valence-corrected chi connectivity index (χ2v) is 7.83. The molecule has 0 aliphatic carbocycles. The third-order valence-electron chi connectivity index (χ3n) is 5.72. The van der Waals surface area contributed by atoms with Crippen LogP contribution in [0.25, 0.3) is 32.8 Å². The lowest BCUT2D eigenvalue weighted by Crippen LogP contribution is -2.23. The molecule has 4 nitrogen and oxygen atoms in total.